The van der Waals surface area contributed by atoms with Crippen molar-refractivity contribution in [3.8, 4) is 0 Å². The van der Waals surface area contributed by atoms with Crippen LogP contribution in [-0.4, -0.2) is 28.2 Å². The summed E-state index contributed by atoms with van der Waals surface area (Å²) < 4.78 is 5.15. The Morgan fingerprint density at radius 1 is 1.43 bits per heavy atom. The molecule has 0 amide bonds. The topological polar surface area (TPSA) is 76.8 Å². The van der Waals surface area contributed by atoms with Crippen molar-refractivity contribution < 1.29 is 4.74 Å². The number of aromatic nitrogens is 3. The summed E-state index contributed by atoms with van der Waals surface area (Å²) in [5.74, 6) is 0.982. The summed E-state index contributed by atoms with van der Waals surface area (Å²) in [7, 11) is 0. The third kappa shape index (κ3) is 0.927. The number of fused-ring (bicyclic) bond motifs is 1. The minimum Gasteiger partial charge on any atom is -0.383 e. The Bertz CT molecular complexity index is 475. The fraction of sp³-hybridized carbons (Fsp3) is 0.333. The molecule has 14 heavy (non-hydrogen) atoms. The minimum absolute atomic E-state index is 0.442. The third-order valence-corrected chi connectivity index (χ3v) is 2.61. The zero-order valence-electron chi connectivity index (χ0n) is 7.53. The van der Waals surface area contributed by atoms with Crippen LogP contribution in [0, 0.1) is 0 Å². The predicted molar refractivity (Wildman–Crippen MR) is 51.9 cm³/mol. The van der Waals surface area contributed by atoms with E-state index in [-0.39, 0.29) is 0 Å². The van der Waals surface area contributed by atoms with E-state index in [0.29, 0.717) is 11.7 Å². The highest BCUT2D eigenvalue weighted by Gasteiger charge is 2.24. The summed E-state index contributed by atoms with van der Waals surface area (Å²) in [6.45, 7) is 1.53. The maximum atomic E-state index is 5.81. The van der Waals surface area contributed by atoms with Gasteiger partial charge in [0.2, 0.25) is 0 Å². The van der Waals surface area contributed by atoms with Crippen molar-refractivity contribution in [3.05, 3.63) is 18.1 Å². The van der Waals surface area contributed by atoms with Crippen LogP contribution in [0.3, 0.4) is 0 Å². The molecule has 2 aromatic rings. The smallest absolute Gasteiger partial charge is 0.143 e. The zero-order valence-corrected chi connectivity index (χ0v) is 7.53. The van der Waals surface area contributed by atoms with Crippen molar-refractivity contribution in [2.24, 2.45) is 0 Å². The van der Waals surface area contributed by atoms with Crippen LogP contribution in [0.2, 0.25) is 0 Å². The summed E-state index contributed by atoms with van der Waals surface area (Å²) in [5.41, 5.74) is 7.78. The van der Waals surface area contributed by atoms with Crippen molar-refractivity contribution in [2.45, 2.75) is 5.92 Å². The van der Waals surface area contributed by atoms with E-state index in [1.807, 2.05) is 6.20 Å². The highest BCUT2D eigenvalue weighted by atomic mass is 16.5. The van der Waals surface area contributed by atoms with E-state index in [1.54, 1.807) is 0 Å². The van der Waals surface area contributed by atoms with Crippen molar-refractivity contribution in [1.82, 2.24) is 15.0 Å². The number of hydrogen-bond acceptors (Lipinski definition) is 4. The van der Waals surface area contributed by atoms with Gasteiger partial charge in [-0.2, -0.15) is 0 Å². The Labute approximate surface area is 80.3 Å². The molecule has 5 heteroatoms. The number of H-pyrrole nitrogens is 1. The lowest BCUT2D eigenvalue weighted by Crippen LogP contribution is -2.24. The number of hydrogen-bond donors (Lipinski definition) is 2. The lowest BCUT2D eigenvalue weighted by atomic mass is 9.98. The van der Waals surface area contributed by atoms with E-state index in [0.717, 1.165) is 24.2 Å². The second-order valence-electron chi connectivity index (χ2n) is 3.46. The second kappa shape index (κ2) is 2.68. The molecule has 3 rings (SSSR count). The summed E-state index contributed by atoms with van der Waals surface area (Å²) in [6.07, 6.45) is 3.41. The maximum absolute atomic E-state index is 5.81. The van der Waals surface area contributed by atoms with Crippen LogP contribution in [0.15, 0.2) is 12.5 Å². The average Bonchev–Trinajstić information content (AvgIpc) is 2.47. The summed E-state index contributed by atoms with van der Waals surface area (Å²) >= 11 is 0. The summed E-state index contributed by atoms with van der Waals surface area (Å²) in [6, 6.07) is 0. The molecule has 0 saturated carbocycles. The lowest BCUT2D eigenvalue weighted by Gasteiger charge is -2.25. The highest BCUT2D eigenvalue weighted by Crippen LogP contribution is 2.31. The molecule has 0 radical (unpaired) electrons. The van der Waals surface area contributed by atoms with Crippen LogP contribution in [0.25, 0.3) is 11.0 Å². The van der Waals surface area contributed by atoms with Crippen LogP contribution in [0.4, 0.5) is 5.82 Å². The molecule has 3 heterocycles. The number of ether oxygens (including phenoxy) is 1. The zero-order chi connectivity index (χ0) is 9.54. The fourth-order valence-corrected chi connectivity index (χ4v) is 1.75. The van der Waals surface area contributed by atoms with Gasteiger partial charge >= 0.3 is 0 Å². The van der Waals surface area contributed by atoms with Gasteiger partial charge in [-0.1, -0.05) is 0 Å². The normalized spacial score (nSPS) is 17.1. The molecule has 0 aromatic carbocycles. The van der Waals surface area contributed by atoms with Crippen LogP contribution in [-0.2, 0) is 4.74 Å². The quantitative estimate of drug-likeness (QED) is 0.692. The Kier molecular flexibility index (Phi) is 1.49. The van der Waals surface area contributed by atoms with Gasteiger partial charge in [-0.15, -0.1) is 0 Å². The first-order valence-electron chi connectivity index (χ1n) is 4.51. The number of anilines is 1. The predicted octanol–water partition coefficient (Wildman–Crippen LogP) is 0.654. The molecule has 0 unspecified atom stereocenters. The van der Waals surface area contributed by atoms with Gasteiger partial charge in [-0.3, -0.25) is 0 Å². The molecule has 3 N–H and O–H groups in total. The van der Waals surface area contributed by atoms with Crippen LogP contribution in [0.5, 0.6) is 0 Å². The maximum Gasteiger partial charge on any atom is 0.143 e. The molecular formula is C9H10N4O. The Hall–Kier alpha value is -1.62. The van der Waals surface area contributed by atoms with Crippen molar-refractivity contribution >= 4 is 16.9 Å². The van der Waals surface area contributed by atoms with E-state index in [9.17, 15) is 0 Å². The number of nitrogens with one attached hydrogen (secondary N) is 1. The number of rotatable bonds is 1. The van der Waals surface area contributed by atoms with E-state index in [4.69, 9.17) is 10.5 Å². The van der Waals surface area contributed by atoms with E-state index < -0.39 is 0 Å². The molecular weight excluding hydrogens is 180 g/mol. The first kappa shape index (κ1) is 7.75. The van der Waals surface area contributed by atoms with E-state index in [1.165, 1.54) is 11.9 Å². The van der Waals surface area contributed by atoms with Crippen molar-refractivity contribution in [2.75, 3.05) is 18.9 Å². The van der Waals surface area contributed by atoms with Gasteiger partial charge in [0.15, 0.2) is 0 Å². The fourth-order valence-electron chi connectivity index (χ4n) is 1.75. The SMILES string of the molecule is Nc1ncnc2[nH]cc(C3COC3)c12. The summed E-state index contributed by atoms with van der Waals surface area (Å²) in [4.78, 5) is 11.2. The molecule has 5 nitrogen and oxygen atoms in total. The average molecular weight is 190 g/mol. The third-order valence-electron chi connectivity index (χ3n) is 2.61. The molecule has 0 atom stereocenters. The first-order valence-corrected chi connectivity index (χ1v) is 4.51. The van der Waals surface area contributed by atoms with Gasteiger partial charge in [-0.25, -0.2) is 9.97 Å². The molecule has 1 aliphatic rings. The van der Waals surface area contributed by atoms with Crippen LogP contribution >= 0.6 is 0 Å². The van der Waals surface area contributed by atoms with E-state index >= 15 is 0 Å². The van der Waals surface area contributed by atoms with Crippen LogP contribution in [0.1, 0.15) is 11.5 Å². The molecule has 1 fully saturated rings. The molecule has 0 spiro atoms. The Balaban J connectivity index is 2.23. The molecule has 72 valence electrons. The Morgan fingerprint density at radius 2 is 2.29 bits per heavy atom. The second-order valence-corrected chi connectivity index (χ2v) is 3.46. The minimum atomic E-state index is 0.442. The van der Waals surface area contributed by atoms with Gasteiger partial charge in [-0.05, 0) is 5.56 Å². The number of nitrogen functional groups attached to an aromatic ring is 1. The van der Waals surface area contributed by atoms with Crippen molar-refractivity contribution in [3.63, 3.8) is 0 Å². The van der Waals surface area contributed by atoms with Gasteiger partial charge < -0.3 is 15.5 Å². The number of aromatic amines is 1. The van der Waals surface area contributed by atoms with Gasteiger partial charge in [0.25, 0.3) is 0 Å². The Morgan fingerprint density at radius 3 is 3.00 bits per heavy atom. The van der Waals surface area contributed by atoms with Crippen LogP contribution < -0.4 is 5.73 Å². The molecule has 2 aromatic heterocycles. The monoisotopic (exact) mass is 190 g/mol. The molecule has 0 bridgehead atoms. The van der Waals surface area contributed by atoms with Gasteiger partial charge in [0.1, 0.15) is 17.8 Å². The standard InChI is InChI=1S/C9H10N4O/c10-8-7-6(5-2-14-3-5)1-11-9(7)13-4-12-8/h1,4-5H,2-3H2,(H3,10,11,12,13). The van der Waals surface area contributed by atoms with Crippen molar-refractivity contribution in [1.29, 1.82) is 0 Å². The highest BCUT2D eigenvalue weighted by molar-refractivity contribution is 5.89. The molecule has 1 aliphatic heterocycles. The van der Waals surface area contributed by atoms with E-state index in [2.05, 4.69) is 15.0 Å². The molecule has 1 saturated heterocycles. The first-order chi connectivity index (χ1) is 6.86. The lowest BCUT2D eigenvalue weighted by molar-refractivity contribution is 0.00901. The summed E-state index contributed by atoms with van der Waals surface area (Å²) in [5, 5.41) is 0.945. The molecule has 0 aliphatic carbocycles. The van der Waals surface area contributed by atoms with Gasteiger partial charge in [0.05, 0.1) is 18.6 Å². The largest absolute Gasteiger partial charge is 0.383 e. The number of nitrogens with two attached hydrogens (primary N) is 1. The number of nitrogens with zero attached hydrogens (tertiary/aromatic N) is 2. The van der Waals surface area contributed by atoms with Gasteiger partial charge in [0, 0.05) is 12.1 Å².